The van der Waals surface area contributed by atoms with Crippen LogP contribution in [-0.4, -0.2) is 25.8 Å². The summed E-state index contributed by atoms with van der Waals surface area (Å²) in [5, 5.41) is 35.2. The van der Waals surface area contributed by atoms with Crippen molar-refractivity contribution in [3.63, 3.8) is 0 Å². The molecular formula is H6N4O8. The Morgan fingerprint density at radius 2 is 1.08 bits per heavy atom. The quantitative estimate of drug-likeness (QED) is 0.222. The van der Waals surface area contributed by atoms with E-state index in [9.17, 15) is 0 Å². The Morgan fingerprint density at radius 3 is 1.08 bits per heavy atom. The van der Waals surface area contributed by atoms with Gasteiger partial charge in [0.2, 0.25) is 0 Å². The molecule has 6 N–H and O–H groups in total. The lowest BCUT2D eigenvalue weighted by atomic mass is 13.1. The summed E-state index contributed by atoms with van der Waals surface area (Å²) in [5.74, 6) is 0. The molecule has 0 bridgehead atoms. The highest BCUT2D eigenvalue weighted by Gasteiger charge is 1.65. The molecule has 12 heteroatoms. The van der Waals surface area contributed by atoms with Crippen molar-refractivity contribution in [2.75, 3.05) is 0 Å². The van der Waals surface area contributed by atoms with Crippen LogP contribution in [0.15, 0.2) is 5.34 Å². The standard InChI is InChI=1S/2HNO3.HNO2.H3N/c2*2-1(3)4;2-1-3;/h2*(H,2,3,4);(H,2,3);1H3. The van der Waals surface area contributed by atoms with Crippen LogP contribution in [0.3, 0.4) is 0 Å². The van der Waals surface area contributed by atoms with Gasteiger partial charge in [0.15, 0.2) is 5.34 Å². The molecule has 0 spiro atoms. The largest absolute Gasteiger partial charge is 0.379 e. The maximum Gasteiger partial charge on any atom is 0.291 e. The van der Waals surface area contributed by atoms with Crippen molar-refractivity contribution >= 4 is 0 Å². The molecule has 0 unspecified atom stereocenters. The fourth-order valence-electron chi connectivity index (χ4n) is 0. The highest BCUT2D eigenvalue weighted by atomic mass is 16.9. The Bertz CT molecular complexity index is 98.2. The molecule has 0 fully saturated rings. The monoisotopic (exact) mass is 190 g/mol. The van der Waals surface area contributed by atoms with Crippen molar-refractivity contribution in [3.8, 4) is 0 Å². The van der Waals surface area contributed by atoms with E-state index in [1.165, 1.54) is 5.34 Å². The van der Waals surface area contributed by atoms with Gasteiger partial charge in [0.05, 0.1) is 0 Å². The van der Waals surface area contributed by atoms with E-state index >= 15 is 0 Å². The molecule has 74 valence electrons. The van der Waals surface area contributed by atoms with E-state index in [-0.39, 0.29) is 6.15 Å². The fraction of sp³-hybridized carbons (Fsp3) is 0. The fourth-order valence-corrected chi connectivity index (χ4v) is 0. The molecule has 0 aliphatic rings. The minimum atomic E-state index is -1.50. The average molecular weight is 190 g/mol. The van der Waals surface area contributed by atoms with Crippen LogP contribution in [0.4, 0.5) is 0 Å². The lowest BCUT2D eigenvalue weighted by Crippen LogP contribution is -1.81. The Kier molecular flexibility index (Phi) is 43.8. The molecule has 0 saturated carbocycles. The predicted octanol–water partition coefficient (Wildman–Crippen LogP) is -0.391. The van der Waals surface area contributed by atoms with Crippen LogP contribution < -0.4 is 6.15 Å². The van der Waals surface area contributed by atoms with Gasteiger partial charge in [-0.3, -0.25) is 0 Å². The Balaban J connectivity index is -0.0000000389. The van der Waals surface area contributed by atoms with Crippen LogP contribution in [0.1, 0.15) is 0 Å². The lowest BCUT2D eigenvalue weighted by molar-refractivity contribution is -0.742. The summed E-state index contributed by atoms with van der Waals surface area (Å²) in [6.45, 7) is 0. The van der Waals surface area contributed by atoms with Gasteiger partial charge in [0, 0.05) is 0 Å². The number of hydrogen-bond donors (Lipinski definition) is 4. The molecule has 0 rings (SSSR count). The van der Waals surface area contributed by atoms with Crippen molar-refractivity contribution in [2.24, 2.45) is 5.34 Å². The molecule has 12 nitrogen and oxygen atoms in total. The van der Waals surface area contributed by atoms with Crippen LogP contribution in [-0.2, 0) is 0 Å². The van der Waals surface area contributed by atoms with Gasteiger partial charge >= 0.3 is 0 Å². The Morgan fingerprint density at radius 1 is 1.08 bits per heavy atom. The van der Waals surface area contributed by atoms with E-state index in [1.54, 1.807) is 0 Å². The average Bonchev–Trinajstić information content (AvgIpc) is 1.60. The zero-order valence-electron chi connectivity index (χ0n) is 5.43. The zero-order chi connectivity index (χ0) is 9.86. The van der Waals surface area contributed by atoms with Gasteiger partial charge in [-0.25, -0.2) is 0 Å². The highest BCUT2D eigenvalue weighted by Crippen LogP contribution is 1.38. The molecule has 0 atom stereocenters. The van der Waals surface area contributed by atoms with Crippen LogP contribution in [0.25, 0.3) is 0 Å². The smallest absolute Gasteiger partial charge is 0.291 e. The van der Waals surface area contributed by atoms with Gasteiger partial charge in [-0.05, 0) is 0 Å². The van der Waals surface area contributed by atoms with E-state index in [1.807, 2.05) is 0 Å². The summed E-state index contributed by atoms with van der Waals surface area (Å²) in [7, 11) is 0. The number of nitrogens with zero attached hydrogens (tertiary/aromatic N) is 3. The second-order valence-corrected chi connectivity index (χ2v) is 0.557. The molecule has 0 aliphatic heterocycles. The van der Waals surface area contributed by atoms with E-state index < -0.39 is 10.2 Å². The van der Waals surface area contributed by atoms with Crippen molar-refractivity contribution in [1.82, 2.24) is 6.15 Å². The normalized spacial score (nSPS) is 5.00. The minimum Gasteiger partial charge on any atom is -0.379 e. The first kappa shape index (κ1) is 22.6. The van der Waals surface area contributed by atoms with Crippen molar-refractivity contribution < 1.29 is 25.8 Å². The molecule has 0 heterocycles. The molecule has 0 amide bonds. The predicted molar refractivity (Wildman–Crippen MR) is 30.2 cm³/mol. The molecule has 0 saturated heterocycles. The van der Waals surface area contributed by atoms with Gasteiger partial charge in [-0.1, -0.05) is 0 Å². The summed E-state index contributed by atoms with van der Waals surface area (Å²) in [4.78, 5) is 24.8. The second-order valence-electron chi connectivity index (χ2n) is 0.557. The molecule has 0 aromatic heterocycles. The summed E-state index contributed by atoms with van der Waals surface area (Å²) >= 11 is 0. The number of hydrogen-bond acceptors (Lipinski definition) is 7. The van der Waals surface area contributed by atoms with Crippen LogP contribution in [0.2, 0.25) is 0 Å². The van der Waals surface area contributed by atoms with E-state index in [0.717, 1.165) is 0 Å². The maximum atomic E-state index is 8.36. The summed E-state index contributed by atoms with van der Waals surface area (Å²) in [5.41, 5.74) is 0. The number of rotatable bonds is 0. The lowest BCUT2D eigenvalue weighted by Gasteiger charge is -1.56. The van der Waals surface area contributed by atoms with Gasteiger partial charge in [-0.15, -0.1) is 25.1 Å². The topological polar surface area (TPSA) is 211 Å². The van der Waals surface area contributed by atoms with Crippen molar-refractivity contribution in [1.29, 1.82) is 0 Å². The first-order valence-electron chi connectivity index (χ1n) is 1.51. The third kappa shape index (κ3) is 70.7. The first-order valence-corrected chi connectivity index (χ1v) is 1.51. The van der Waals surface area contributed by atoms with Gasteiger partial charge in [-0.2, -0.15) is 0 Å². The second kappa shape index (κ2) is 23.3. The molecule has 0 aromatic carbocycles. The molecule has 12 heavy (non-hydrogen) atoms. The SMILES string of the molecule is N.O=NO.O=[N+]([O-])O.O=[N+]([O-])O. The van der Waals surface area contributed by atoms with Crippen LogP contribution in [0.5, 0.6) is 0 Å². The molecule has 0 radical (unpaired) electrons. The van der Waals surface area contributed by atoms with Crippen LogP contribution >= 0.6 is 0 Å². The molecule has 0 aromatic rings. The van der Waals surface area contributed by atoms with Crippen LogP contribution in [0, 0.1) is 25.1 Å². The van der Waals surface area contributed by atoms with Crippen molar-refractivity contribution in [3.05, 3.63) is 25.1 Å². The van der Waals surface area contributed by atoms with E-state index in [2.05, 4.69) is 0 Å². The maximum absolute atomic E-state index is 8.36. The van der Waals surface area contributed by atoms with E-state index in [0.29, 0.717) is 0 Å². The zero-order valence-corrected chi connectivity index (χ0v) is 5.43. The van der Waals surface area contributed by atoms with Gasteiger partial charge in [0.1, 0.15) is 0 Å². The third-order valence-electron chi connectivity index (χ3n) is 0. The minimum absolute atomic E-state index is 0. The molecule has 0 aliphatic carbocycles. The third-order valence-corrected chi connectivity index (χ3v) is 0. The van der Waals surface area contributed by atoms with Crippen molar-refractivity contribution in [2.45, 2.75) is 0 Å². The Labute approximate surface area is 63.8 Å². The highest BCUT2D eigenvalue weighted by molar-refractivity contribution is 3.84. The summed E-state index contributed by atoms with van der Waals surface area (Å²) in [6, 6.07) is 0. The first-order chi connectivity index (χ1) is 4.88. The van der Waals surface area contributed by atoms with Gasteiger partial charge < -0.3 is 21.8 Å². The summed E-state index contributed by atoms with van der Waals surface area (Å²) < 4.78 is 0. The van der Waals surface area contributed by atoms with E-state index in [4.69, 9.17) is 40.8 Å². The molecular weight excluding hydrogens is 184 g/mol. The van der Waals surface area contributed by atoms with Gasteiger partial charge in [0.25, 0.3) is 10.2 Å². The summed E-state index contributed by atoms with van der Waals surface area (Å²) in [6.07, 6.45) is 0. The Hall–Kier alpha value is -2.24.